The van der Waals surface area contributed by atoms with Crippen LogP contribution in [0.2, 0.25) is 0 Å². The van der Waals surface area contributed by atoms with Crippen LogP contribution >= 0.6 is 0 Å². The molecular formula is C31H38F3N11O3S. The summed E-state index contributed by atoms with van der Waals surface area (Å²) in [5.41, 5.74) is -0.282. The number of sulfonamides is 1. The Labute approximate surface area is 282 Å². The van der Waals surface area contributed by atoms with Crippen molar-refractivity contribution in [3.8, 4) is 5.88 Å². The maximum absolute atomic E-state index is 14.2. The summed E-state index contributed by atoms with van der Waals surface area (Å²) in [5.74, 6) is 0.178. The molecule has 0 radical (unpaired) electrons. The summed E-state index contributed by atoms with van der Waals surface area (Å²) in [5, 5.41) is 5.61. The van der Waals surface area contributed by atoms with E-state index in [0.29, 0.717) is 23.4 Å². The number of methoxy groups -OCH3 is 1. The number of aromatic nitrogens is 5. The molecule has 0 amide bonds. The zero-order chi connectivity index (χ0) is 34.9. The Hall–Kier alpha value is -4.55. The lowest BCUT2D eigenvalue weighted by molar-refractivity contribution is -0.137. The van der Waals surface area contributed by atoms with Gasteiger partial charge in [-0.2, -0.15) is 23.1 Å². The molecule has 14 nitrogen and oxygen atoms in total. The molecule has 0 saturated carbocycles. The van der Waals surface area contributed by atoms with E-state index in [2.05, 4.69) is 57.3 Å². The van der Waals surface area contributed by atoms with Crippen LogP contribution < -0.4 is 24.6 Å². The molecule has 1 aromatic carbocycles. The third-order valence-corrected chi connectivity index (χ3v) is 10.1. The van der Waals surface area contributed by atoms with Gasteiger partial charge in [-0.1, -0.05) is 0 Å². The number of benzene rings is 1. The average molecular weight is 702 g/mol. The number of halogens is 3. The number of anilines is 6. The van der Waals surface area contributed by atoms with Crippen molar-refractivity contribution >= 4 is 55.7 Å². The van der Waals surface area contributed by atoms with Crippen molar-refractivity contribution in [1.29, 1.82) is 0 Å². The molecule has 49 heavy (non-hydrogen) atoms. The van der Waals surface area contributed by atoms with E-state index in [1.54, 1.807) is 6.07 Å². The molecule has 0 atom stereocenters. The Bertz CT molecular complexity index is 1920. The van der Waals surface area contributed by atoms with Gasteiger partial charge in [0.05, 0.1) is 24.6 Å². The first-order chi connectivity index (χ1) is 23.3. The Kier molecular flexibility index (Phi) is 9.63. The highest BCUT2D eigenvalue weighted by molar-refractivity contribution is 7.92. The maximum Gasteiger partial charge on any atom is 0.421 e. The molecule has 262 valence electrons. The number of ether oxygens (including phenoxy) is 1. The van der Waals surface area contributed by atoms with Crippen LogP contribution in [-0.4, -0.2) is 116 Å². The number of hydrogen-bond donors (Lipinski definition) is 2. The Morgan fingerprint density at radius 3 is 2.29 bits per heavy atom. The monoisotopic (exact) mass is 701 g/mol. The van der Waals surface area contributed by atoms with Gasteiger partial charge in [0, 0.05) is 70.9 Å². The number of piperidine rings is 1. The quantitative estimate of drug-likeness (QED) is 0.260. The van der Waals surface area contributed by atoms with Crippen molar-refractivity contribution in [3.63, 3.8) is 0 Å². The minimum absolute atomic E-state index is 0.00312. The Morgan fingerprint density at radius 2 is 1.61 bits per heavy atom. The lowest BCUT2D eigenvalue weighted by atomic mass is 10.0. The van der Waals surface area contributed by atoms with E-state index in [9.17, 15) is 21.6 Å². The Morgan fingerprint density at radius 1 is 0.918 bits per heavy atom. The van der Waals surface area contributed by atoms with E-state index in [1.165, 1.54) is 38.7 Å². The van der Waals surface area contributed by atoms with Gasteiger partial charge in [-0.3, -0.25) is 19.2 Å². The van der Waals surface area contributed by atoms with E-state index < -0.39 is 27.6 Å². The summed E-state index contributed by atoms with van der Waals surface area (Å²) < 4.78 is 74.1. The molecular weight excluding hydrogens is 663 g/mol. The molecule has 18 heteroatoms. The SMILES string of the molecule is COc1nc(N2CCC(N3CCN(C)CC3)CC2)ccc1Nc1ncc(C(F)(F)F)c(Nc2ccc3nccnc3c2N(C)S(C)(=O)=O)n1. The average Bonchev–Trinajstić information content (AvgIpc) is 3.07. The first kappa shape index (κ1) is 34.3. The Balaban J connectivity index is 1.25. The summed E-state index contributed by atoms with van der Waals surface area (Å²) >= 11 is 0. The fourth-order valence-electron chi connectivity index (χ4n) is 6.10. The predicted molar refractivity (Wildman–Crippen MR) is 181 cm³/mol. The topological polar surface area (TPSA) is 145 Å². The van der Waals surface area contributed by atoms with Crippen LogP contribution in [0, 0.1) is 0 Å². The number of rotatable bonds is 9. The van der Waals surface area contributed by atoms with Gasteiger partial charge in [0.1, 0.15) is 34.1 Å². The van der Waals surface area contributed by atoms with Crippen molar-refractivity contribution in [1.82, 2.24) is 34.7 Å². The second kappa shape index (κ2) is 13.8. The smallest absolute Gasteiger partial charge is 0.421 e. The van der Waals surface area contributed by atoms with E-state index in [1.807, 2.05) is 6.07 Å². The van der Waals surface area contributed by atoms with Gasteiger partial charge in [0.15, 0.2) is 0 Å². The second-order valence-electron chi connectivity index (χ2n) is 12.1. The minimum atomic E-state index is -4.83. The molecule has 0 spiro atoms. The van der Waals surface area contributed by atoms with Crippen molar-refractivity contribution < 1.29 is 26.3 Å². The summed E-state index contributed by atoms with van der Waals surface area (Å²) in [7, 11) is 1.04. The summed E-state index contributed by atoms with van der Waals surface area (Å²) in [4.78, 5) is 28.3. The van der Waals surface area contributed by atoms with Crippen LogP contribution in [0.4, 0.5) is 47.8 Å². The van der Waals surface area contributed by atoms with Gasteiger partial charge in [0.25, 0.3) is 0 Å². The first-order valence-corrected chi connectivity index (χ1v) is 17.5. The van der Waals surface area contributed by atoms with E-state index in [0.717, 1.165) is 68.5 Å². The molecule has 4 aromatic rings. The molecule has 2 aliphatic rings. The molecule has 2 N–H and O–H groups in total. The number of piperazine rings is 1. The lowest BCUT2D eigenvalue weighted by Crippen LogP contribution is -2.52. The molecule has 0 bridgehead atoms. The fourth-order valence-corrected chi connectivity index (χ4v) is 6.62. The lowest BCUT2D eigenvalue weighted by Gasteiger charge is -2.42. The summed E-state index contributed by atoms with van der Waals surface area (Å²) in [6.07, 6.45) is 1.63. The molecule has 0 aliphatic carbocycles. The van der Waals surface area contributed by atoms with Crippen molar-refractivity contribution in [2.75, 3.05) is 86.6 Å². The molecule has 3 aromatic heterocycles. The van der Waals surface area contributed by atoms with Crippen LogP contribution in [0.25, 0.3) is 11.0 Å². The largest absolute Gasteiger partial charge is 0.479 e. The van der Waals surface area contributed by atoms with E-state index >= 15 is 0 Å². The van der Waals surface area contributed by atoms with Gasteiger partial charge >= 0.3 is 6.18 Å². The van der Waals surface area contributed by atoms with E-state index in [4.69, 9.17) is 4.74 Å². The number of fused-ring (bicyclic) bond motifs is 1. The normalized spacial score (nSPS) is 16.9. The summed E-state index contributed by atoms with van der Waals surface area (Å²) in [6.45, 7) is 5.99. The fraction of sp³-hybridized carbons (Fsp3) is 0.452. The van der Waals surface area contributed by atoms with Gasteiger partial charge in [-0.15, -0.1) is 0 Å². The number of nitrogens with zero attached hydrogens (tertiary/aromatic N) is 9. The van der Waals surface area contributed by atoms with Crippen LogP contribution in [-0.2, 0) is 16.2 Å². The van der Waals surface area contributed by atoms with Crippen LogP contribution in [0.3, 0.4) is 0 Å². The van der Waals surface area contributed by atoms with Gasteiger partial charge < -0.3 is 25.2 Å². The predicted octanol–water partition coefficient (Wildman–Crippen LogP) is 3.94. The standard InChI is InChI=1S/C31H38F3N11O3S/c1-42-15-17-44(18-16-42)20-9-13-45(14-10-20)25-8-7-24(29(40-25)48-3)39-30-37-19-21(31(32,33)34)28(41-30)38-23-6-5-22-26(36-12-11-35-22)27(23)43(2)49(4,46)47/h5-8,11-12,19-20H,9-10,13-18H2,1-4H3,(H2,37,38,39,41). The maximum atomic E-state index is 14.2. The van der Waals surface area contributed by atoms with Crippen molar-refractivity contribution in [3.05, 3.63) is 48.4 Å². The number of likely N-dealkylation sites (N-methyl/N-ethyl adjacent to an activating group) is 1. The van der Waals surface area contributed by atoms with Crippen molar-refractivity contribution in [2.24, 2.45) is 0 Å². The molecule has 0 unspecified atom stereocenters. The number of pyridine rings is 1. The molecule has 5 heterocycles. The summed E-state index contributed by atoms with van der Waals surface area (Å²) in [6, 6.07) is 7.03. The molecule has 2 aliphatic heterocycles. The second-order valence-corrected chi connectivity index (χ2v) is 14.1. The molecule has 2 fully saturated rings. The highest BCUT2D eigenvalue weighted by Crippen LogP contribution is 2.40. The van der Waals surface area contributed by atoms with Gasteiger partial charge in [-0.25, -0.2) is 13.4 Å². The van der Waals surface area contributed by atoms with Gasteiger partial charge in [-0.05, 0) is 44.2 Å². The van der Waals surface area contributed by atoms with Gasteiger partial charge in [0.2, 0.25) is 21.9 Å². The minimum Gasteiger partial charge on any atom is -0.479 e. The third-order valence-electron chi connectivity index (χ3n) is 8.90. The number of alkyl halides is 3. The zero-order valence-electron chi connectivity index (χ0n) is 27.6. The third kappa shape index (κ3) is 7.55. The highest BCUT2D eigenvalue weighted by atomic mass is 32.2. The molecule has 6 rings (SSSR count). The van der Waals surface area contributed by atoms with Crippen LogP contribution in [0.5, 0.6) is 5.88 Å². The number of nitrogens with one attached hydrogen (secondary N) is 2. The number of hydrogen-bond acceptors (Lipinski definition) is 13. The zero-order valence-corrected chi connectivity index (χ0v) is 28.4. The van der Waals surface area contributed by atoms with Crippen LogP contribution in [0.15, 0.2) is 42.9 Å². The van der Waals surface area contributed by atoms with E-state index in [-0.39, 0.29) is 28.7 Å². The highest BCUT2D eigenvalue weighted by Gasteiger charge is 2.36. The van der Waals surface area contributed by atoms with Crippen molar-refractivity contribution in [2.45, 2.75) is 25.1 Å². The first-order valence-electron chi connectivity index (χ1n) is 15.7. The van der Waals surface area contributed by atoms with Crippen LogP contribution in [0.1, 0.15) is 18.4 Å². The molecule has 2 saturated heterocycles.